The van der Waals surface area contributed by atoms with Gasteiger partial charge in [0.1, 0.15) is 11.2 Å². The molecule has 0 saturated carbocycles. The Morgan fingerprint density at radius 3 is 0.875 bits per heavy atom. The zero-order valence-electron chi connectivity index (χ0n) is 27.4. The Morgan fingerprint density at radius 2 is 0.650 bits per heavy atom. The highest BCUT2D eigenvalue weighted by molar-refractivity contribution is 5.21. The number of rotatable bonds is 13. The fourth-order valence-electron chi connectivity index (χ4n) is 4.88. The monoisotopic (exact) mass is 558 g/mol. The molecule has 0 heterocycles. The topological polar surface area (TPSA) is 55.4 Å². The van der Waals surface area contributed by atoms with E-state index in [4.69, 9.17) is 29.3 Å². The van der Waals surface area contributed by atoms with Gasteiger partial charge in [-0.2, -0.15) is 19.6 Å². The van der Waals surface area contributed by atoms with Gasteiger partial charge in [-0.1, -0.05) is 130 Å². The highest BCUT2D eigenvalue weighted by Crippen LogP contribution is 2.48. The van der Waals surface area contributed by atoms with Gasteiger partial charge in [-0.05, 0) is 38.8 Å². The minimum absolute atomic E-state index is 0.161. The van der Waals surface area contributed by atoms with Gasteiger partial charge in [0.15, 0.2) is 0 Å². The molecule has 2 aromatic carbocycles. The molecule has 0 radical (unpaired) electrons. The second-order valence-corrected chi connectivity index (χ2v) is 14.4. The third-order valence-corrected chi connectivity index (χ3v) is 7.59. The molecule has 2 rings (SSSR count). The third kappa shape index (κ3) is 7.53. The van der Waals surface area contributed by atoms with Crippen molar-refractivity contribution in [2.45, 2.75) is 120 Å². The van der Waals surface area contributed by atoms with E-state index in [0.29, 0.717) is 0 Å². The van der Waals surface area contributed by atoms with Crippen LogP contribution in [0.3, 0.4) is 0 Å². The summed E-state index contributed by atoms with van der Waals surface area (Å²) in [5.74, 6) is -2.93. The fourth-order valence-corrected chi connectivity index (χ4v) is 4.88. The van der Waals surface area contributed by atoms with Crippen LogP contribution < -0.4 is 0 Å². The highest BCUT2D eigenvalue weighted by Gasteiger charge is 2.57. The predicted octanol–water partition coefficient (Wildman–Crippen LogP) is 9.50. The van der Waals surface area contributed by atoms with Crippen molar-refractivity contribution in [3.05, 3.63) is 71.8 Å². The lowest BCUT2D eigenvalue weighted by atomic mass is 9.78. The minimum atomic E-state index is -1.30. The first-order valence-electron chi connectivity index (χ1n) is 14.4. The van der Waals surface area contributed by atoms with Crippen molar-refractivity contribution >= 4 is 0 Å². The van der Waals surface area contributed by atoms with E-state index in [1.807, 2.05) is 158 Å². The number of hydrogen-bond donors (Lipinski definition) is 0. The maximum absolute atomic E-state index is 6.46. The summed E-state index contributed by atoms with van der Waals surface area (Å²) in [6, 6.07) is 19.9. The van der Waals surface area contributed by atoms with Crippen molar-refractivity contribution in [2.24, 2.45) is 22.7 Å². The SMILES string of the molecule is CC(C)C(OOC(C)(C)c1ccccc1)(OOC(OOC(C)(C)c1ccccc1)(C(C)C)C(C)(C)C)C(C)(C)C. The van der Waals surface area contributed by atoms with Gasteiger partial charge in [0.25, 0.3) is 0 Å². The van der Waals surface area contributed by atoms with Crippen molar-refractivity contribution in [1.29, 1.82) is 0 Å². The average Bonchev–Trinajstić information content (AvgIpc) is 2.85. The van der Waals surface area contributed by atoms with E-state index in [-0.39, 0.29) is 11.8 Å². The van der Waals surface area contributed by atoms with Crippen molar-refractivity contribution in [3.8, 4) is 0 Å². The van der Waals surface area contributed by atoms with Gasteiger partial charge in [0, 0.05) is 22.7 Å². The smallest absolute Gasteiger partial charge is 0.223 e. The lowest BCUT2D eigenvalue weighted by Crippen LogP contribution is -2.59. The lowest BCUT2D eigenvalue weighted by Gasteiger charge is -2.50. The molecule has 6 heteroatoms. The van der Waals surface area contributed by atoms with Crippen molar-refractivity contribution in [1.82, 2.24) is 0 Å². The summed E-state index contributed by atoms with van der Waals surface area (Å²) in [5.41, 5.74) is -0.636. The third-order valence-electron chi connectivity index (χ3n) is 7.59. The molecule has 0 aliphatic rings. The van der Waals surface area contributed by atoms with Crippen LogP contribution in [0, 0.1) is 22.7 Å². The molecule has 0 saturated heterocycles. The van der Waals surface area contributed by atoms with Crippen LogP contribution in [0.25, 0.3) is 0 Å². The average molecular weight is 559 g/mol. The van der Waals surface area contributed by atoms with Gasteiger partial charge >= 0.3 is 0 Å². The first kappa shape index (κ1) is 34.4. The Kier molecular flexibility index (Phi) is 10.8. The molecule has 0 aliphatic carbocycles. The van der Waals surface area contributed by atoms with Crippen LogP contribution in [0.1, 0.15) is 108 Å². The quantitative estimate of drug-likeness (QED) is 0.139. The van der Waals surface area contributed by atoms with E-state index in [0.717, 1.165) is 11.1 Å². The number of hydrogen-bond acceptors (Lipinski definition) is 6. The molecule has 0 aromatic heterocycles. The largest absolute Gasteiger partial charge is 0.241 e. The normalized spacial score (nSPS) is 16.7. The first-order chi connectivity index (χ1) is 18.2. The summed E-state index contributed by atoms with van der Waals surface area (Å²) in [5, 5.41) is 0. The van der Waals surface area contributed by atoms with E-state index in [2.05, 4.69) is 0 Å². The molecule has 40 heavy (non-hydrogen) atoms. The summed E-state index contributed by atoms with van der Waals surface area (Å²) in [6.07, 6.45) is 0. The van der Waals surface area contributed by atoms with Crippen LogP contribution in [0.2, 0.25) is 0 Å². The molecule has 0 spiro atoms. The summed E-state index contributed by atoms with van der Waals surface area (Å²) in [4.78, 5) is 37.9. The zero-order valence-corrected chi connectivity index (χ0v) is 27.4. The molecule has 0 amide bonds. The van der Waals surface area contributed by atoms with E-state index >= 15 is 0 Å². The minimum Gasteiger partial charge on any atom is -0.223 e. The van der Waals surface area contributed by atoms with Crippen molar-refractivity contribution in [2.75, 3.05) is 0 Å². The Balaban J connectivity index is 2.45. The molecule has 226 valence electrons. The zero-order chi connectivity index (χ0) is 30.6. The molecule has 0 bridgehead atoms. The molecule has 2 unspecified atom stereocenters. The summed E-state index contributed by atoms with van der Waals surface area (Å²) < 4.78 is 0. The van der Waals surface area contributed by atoms with Crippen LogP contribution in [-0.4, -0.2) is 11.6 Å². The number of benzene rings is 2. The predicted molar refractivity (Wildman–Crippen MR) is 159 cm³/mol. The summed E-state index contributed by atoms with van der Waals surface area (Å²) >= 11 is 0. The summed E-state index contributed by atoms with van der Waals surface area (Å²) in [7, 11) is 0. The molecule has 0 aliphatic heterocycles. The fraction of sp³-hybridized carbons (Fsp3) is 0.647. The molecular weight excluding hydrogens is 504 g/mol. The van der Waals surface area contributed by atoms with Gasteiger partial charge in [-0.3, -0.25) is 0 Å². The summed E-state index contributed by atoms with van der Waals surface area (Å²) in [6.45, 7) is 28.2. The van der Waals surface area contributed by atoms with Gasteiger partial charge in [-0.15, -0.1) is 0 Å². The maximum Gasteiger partial charge on any atom is 0.241 e. The molecule has 2 aromatic rings. The Morgan fingerprint density at radius 1 is 0.400 bits per heavy atom. The lowest BCUT2D eigenvalue weighted by molar-refractivity contribution is -0.628. The van der Waals surface area contributed by atoms with Gasteiger partial charge in [-0.25, -0.2) is 9.78 Å². The Labute approximate surface area is 243 Å². The Hall–Kier alpha value is -1.80. The van der Waals surface area contributed by atoms with Crippen molar-refractivity contribution < 1.29 is 29.3 Å². The van der Waals surface area contributed by atoms with E-state index < -0.39 is 33.6 Å². The van der Waals surface area contributed by atoms with Gasteiger partial charge in [0.2, 0.25) is 11.6 Å². The van der Waals surface area contributed by atoms with Crippen LogP contribution >= 0.6 is 0 Å². The van der Waals surface area contributed by atoms with Gasteiger partial charge < -0.3 is 0 Å². The highest BCUT2D eigenvalue weighted by atomic mass is 17.4. The van der Waals surface area contributed by atoms with Crippen LogP contribution in [-0.2, 0) is 40.5 Å². The molecule has 6 nitrogen and oxygen atoms in total. The second-order valence-electron chi connectivity index (χ2n) is 14.4. The van der Waals surface area contributed by atoms with E-state index in [9.17, 15) is 0 Å². The maximum atomic E-state index is 6.46. The van der Waals surface area contributed by atoms with Gasteiger partial charge in [0.05, 0.1) is 0 Å². The van der Waals surface area contributed by atoms with Crippen LogP contribution in [0.4, 0.5) is 0 Å². The van der Waals surface area contributed by atoms with Crippen molar-refractivity contribution in [3.63, 3.8) is 0 Å². The van der Waals surface area contributed by atoms with E-state index in [1.54, 1.807) is 0 Å². The van der Waals surface area contributed by atoms with E-state index in [1.165, 1.54) is 0 Å². The van der Waals surface area contributed by atoms with Crippen LogP contribution in [0.15, 0.2) is 60.7 Å². The standard InChI is InChI=1S/C34H54O6/c1-25(2)33(29(5,6)7,37-35-31(11,12)27-21-17-15-18-22-27)39-40-34(26(3)4,30(8,9)10)38-36-32(13,14)28-23-19-16-20-24-28/h15-26H,1-14H3. The molecular formula is C34H54O6. The second kappa shape index (κ2) is 12.6. The Bertz CT molecular complexity index is 948. The molecule has 0 fully saturated rings. The molecule has 2 atom stereocenters. The van der Waals surface area contributed by atoms with Crippen LogP contribution in [0.5, 0.6) is 0 Å². The first-order valence-corrected chi connectivity index (χ1v) is 14.4. The molecule has 0 N–H and O–H groups in total.